The Morgan fingerprint density at radius 1 is 1.14 bits per heavy atom. The highest BCUT2D eigenvalue weighted by atomic mass is 32.2. The van der Waals surface area contributed by atoms with Gasteiger partial charge >= 0.3 is 0 Å². The monoisotopic (exact) mass is 306 g/mol. The number of aryl methyl sites for hydroxylation is 1. The molecule has 0 bridgehead atoms. The van der Waals surface area contributed by atoms with Crippen molar-refractivity contribution in [1.82, 2.24) is 9.97 Å². The first-order valence-electron chi connectivity index (χ1n) is 6.06. The smallest absolute Gasteiger partial charge is 0.263 e. The van der Waals surface area contributed by atoms with Crippen molar-refractivity contribution in [2.75, 3.05) is 10.0 Å². The molecular weight excluding hydrogens is 292 g/mol. The first-order valence-corrected chi connectivity index (χ1v) is 7.54. The van der Waals surface area contributed by atoms with Crippen LogP contribution in [0.1, 0.15) is 12.6 Å². The molecule has 1 amide bonds. The van der Waals surface area contributed by atoms with Gasteiger partial charge in [0.05, 0.1) is 16.8 Å². The van der Waals surface area contributed by atoms with Crippen molar-refractivity contribution in [1.29, 1.82) is 0 Å². The highest BCUT2D eigenvalue weighted by Crippen LogP contribution is 2.17. The fourth-order valence-corrected chi connectivity index (χ4v) is 2.62. The molecule has 21 heavy (non-hydrogen) atoms. The number of hydrogen-bond donors (Lipinski definition) is 2. The highest BCUT2D eigenvalue weighted by molar-refractivity contribution is 7.92. The van der Waals surface area contributed by atoms with Crippen molar-refractivity contribution >= 4 is 27.4 Å². The summed E-state index contributed by atoms with van der Waals surface area (Å²) in [4.78, 5) is 18.9. The summed E-state index contributed by atoms with van der Waals surface area (Å²) in [6, 6.07) is 5.82. The van der Waals surface area contributed by atoms with Crippen LogP contribution in [0.2, 0.25) is 0 Å². The lowest BCUT2D eigenvalue weighted by molar-refractivity contribution is -0.114. The lowest BCUT2D eigenvalue weighted by Crippen LogP contribution is -2.14. The van der Waals surface area contributed by atoms with E-state index in [2.05, 4.69) is 20.0 Å². The SMILES string of the molecule is CC(=O)Nc1ccc(S(=O)(=O)Nc2cncc(C)n2)cc1. The standard InChI is InChI=1S/C13H14N4O3S/c1-9-7-14-8-13(15-9)17-21(19,20)12-5-3-11(4-6-12)16-10(2)18/h3-8H,1-2H3,(H,15,17)(H,16,18). The van der Waals surface area contributed by atoms with E-state index in [1.165, 1.54) is 43.6 Å². The molecule has 2 rings (SSSR count). The Labute approximate surface area is 122 Å². The summed E-state index contributed by atoms with van der Waals surface area (Å²) in [7, 11) is -3.74. The number of amides is 1. The molecule has 0 aliphatic carbocycles. The number of carbonyl (C=O) groups excluding carboxylic acids is 1. The molecule has 1 aromatic heterocycles. The molecule has 0 saturated heterocycles. The van der Waals surface area contributed by atoms with Gasteiger partial charge in [0.15, 0.2) is 5.82 Å². The lowest BCUT2D eigenvalue weighted by Gasteiger charge is -2.08. The summed E-state index contributed by atoms with van der Waals surface area (Å²) in [5, 5.41) is 2.56. The second-order valence-corrected chi connectivity index (χ2v) is 6.04. The maximum absolute atomic E-state index is 12.2. The molecule has 0 aliphatic heterocycles. The molecule has 0 radical (unpaired) electrons. The summed E-state index contributed by atoms with van der Waals surface area (Å²) in [6.45, 7) is 3.09. The third-order valence-corrected chi connectivity index (χ3v) is 3.85. The van der Waals surface area contributed by atoms with Gasteiger partial charge in [0.25, 0.3) is 10.0 Å². The first-order chi connectivity index (χ1) is 9.87. The Balaban J connectivity index is 2.21. The zero-order valence-corrected chi connectivity index (χ0v) is 12.3. The van der Waals surface area contributed by atoms with Crippen LogP contribution < -0.4 is 10.0 Å². The van der Waals surface area contributed by atoms with Crippen LogP contribution in [0.15, 0.2) is 41.6 Å². The largest absolute Gasteiger partial charge is 0.326 e. The molecule has 0 fully saturated rings. The molecule has 1 heterocycles. The van der Waals surface area contributed by atoms with Crippen LogP contribution in [-0.4, -0.2) is 24.3 Å². The molecule has 2 N–H and O–H groups in total. The predicted molar refractivity (Wildman–Crippen MR) is 78.3 cm³/mol. The summed E-state index contributed by atoms with van der Waals surface area (Å²) in [5.41, 5.74) is 1.13. The summed E-state index contributed by atoms with van der Waals surface area (Å²) in [6.07, 6.45) is 2.86. The predicted octanol–water partition coefficient (Wildman–Crippen LogP) is 1.54. The fraction of sp³-hybridized carbons (Fsp3) is 0.154. The van der Waals surface area contributed by atoms with Crippen molar-refractivity contribution in [3.05, 3.63) is 42.4 Å². The summed E-state index contributed by atoms with van der Waals surface area (Å²) in [5.74, 6) is -0.0697. The molecule has 7 nitrogen and oxygen atoms in total. The zero-order valence-electron chi connectivity index (χ0n) is 11.5. The Hall–Kier alpha value is -2.48. The molecule has 0 saturated carbocycles. The number of aromatic nitrogens is 2. The molecular formula is C13H14N4O3S. The minimum atomic E-state index is -3.74. The molecule has 2 aromatic rings. The topological polar surface area (TPSA) is 101 Å². The number of benzene rings is 1. The van der Waals surface area contributed by atoms with E-state index in [1.54, 1.807) is 6.92 Å². The van der Waals surface area contributed by atoms with Crippen LogP contribution in [0.25, 0.3) is 0 Å². The molecule has 1 aromatic carbocycles. The molecule has 8 heteroatoms. The second-order valence-electron chi connectivity index (χ2n) is 4.36. The van der Waals surface area contributed by atoms with E-state index in [4.69, 9.17) is 0 Å². The average Bonchev–Trinajstić information content (AvgIpc) is 2.38. The van der Waals surface area contributed by atoms with E-state index in [0.717, 1.165) is 0 Å². The maximum Gasteiger partial charge on any atom is 0.263 e. The maximum atomic E-state index is 12.2. The van der Waals surface area contributed by atoms with Gasteiger partial charge in [-0.25, -0.2) is 13.4 Å². The van der Waals surface area contributed by atoms with Crippen molar-refractivity contribution in [3.63, 3.8) is 0 Å². The van der Waals surface area contributed by atoms with Crippen LogP contribution >= 0.6 is 0 Å². The Morgan fingerprint density at radius 2 is 1.81 bits per heavy atom. The van der Waals surface area contributed by atoms with E-state index in [9.17, 15) is 13.2 Å². The van der Waals surface area contributed by atoms with Crippen molar-refractivity contribution < 1.29 is 13.2 Å². The molecule has 0 aliphatic rings. The van der Waals surface area contributed by atoms with Crippen LogP contribution in [-0.2, 0) is 14.8 Å². The van der Waals surface area contributed by atoms with Gasteiger partial charge in [0.2, 0.25) is 5.91 Å². The Morgan fingerprint density at radius 3 is 2.38 bits per heavy atom. The zero-order chi connectivity index (χ0) is 15.5. The molecule has 0 atom stereocenters. The van der Waals surface area contributed by atoms with E-state index in [0.29, 0.717) is 11.4 Å². The van der Waals surface area contributed by atoms with Gasteiger partial charge in [-0.3, -0.25) is 14.5 Å². The van der Waals surface area contributed by atoms with Gasteiger partial charge in [0.1, 0.15) is 0 Å². The molecule has 0 spiro atoms. The van der Waals surface area contributed by atoms with Gasteiger partial charge in [-0.05, 0) is 31.2 Å². The number of nitrogens with one attached hydrogen (secondary N) is 2. The summed E-state index contributed by atoms with van der Waals surface area (Å²) < 4.78 is 26.7. The number of rotatable bonds is 4. The van der Waals surface area contributed by atoms with E-state index in [-0.39, 0.29) is 16.6 Å². The minimum Gasteiger partial charge on any atom is -0.326 e. The van der Waals surface area contributed by atoms with Gasteiger partial charge in [-0.15, -0.1) is 0 Å². The van der Waals surface area contributed by atoms with Gasteiger partial charge in [-0.2, -0.15) is 0 Å². The van der Waals surface area contributed by atoms with Crippen LogP contribution in [0.3, 0.4) is 0 Å². The summed E-state index contributed by atoms with van der Waals surface area (Å²) >= 11 is 0. The average molecular weight is 306 g/mol. The van der Waals surface area contributed by atoms with E-state index >= 15 is 0 Å². The number of nitrogens with zero attached hydrogens (tertiary/aromatic N) is 2. The number of anilines is 2. The lowest BCUT2D eigenvalue weighted by atomic mass is 10.3. The van der Waals surface area contributed by atoms with Crippen molar-refractivity contribution in [3.8, 4) is 0 Å². The molecule has 0 unspecified atom stereocenters. The third-order valence-electron chi connectivity index (χ3n) is 2.48. The number of sulfonamides is 1. The van der Waals surface area contributed by atoms with Gasteiger partial charge in [0, 0.05) is 18.8 Å². The normalized spacial score (nSPS) is 11.0. The van der Waals surface area contributed by atoms with Crippen molar-refractivity contribution in [2.24, 2.45) is 0 Å². The molecule has 110 valence electrons. The second kappa shape index (κ2) is 5.88. The Kier molecular flexibility index (Phi) is 4.18. The quantitative estimate of drug-likeness (QED) is 0.892. The van der Waals surface area contributed by atoms with E-state index < -0.39 is 10.0 Å². The van der Waals surface area contributed by atoms with Crippen LogP contribution in [0.4, 0.5) is 11.5 Å². The van der Waals surface area contributed by atoms with Crippen LogP contribution in [0, 0.1) is 6.92 Å². The third kappa shape index (κ3) is 3.99. The number of hydrogen-bond acceptors (Lipinski definition) is 5. The first kappa shape index (κ1) is 14.9. The van der Waals surface area contributed by atoms with Gasteiger partial charge in [-0.1, -0.05) is 0 Å². The highest BCUT2D eigenvalue weighted by Gasteiger charge is 2.15. The Bertz CT molecular complexity index is 757. The minimum absolute atomic E-state index is 0.0694. The van der Waals surface area contributed by atoms with E-state index in [1.807, 2.05) is 0 Å². The van der Waals surface area contributed by atoms with Gasteiger partial charge < -0.3 is 5.32 Å². The fourth-order valence-electron chi connectivity index (χ4n) is 1.63. The van der Waals surface area contributed by atoms with Crippen LogP contribution in [0.5, 0.6) is 0 Å². The number of carbonyl (C=O) groups is 1. The van der Waals surface area contributed by atoms with Crippen molar-refractivity contribution in [2.45, 2.75) is 18.7 Å².